The Morgan fingerprint density at radius 1 is 1.00 bits per heavy atom. The Kier molecular flexibility index (Phi) is 6.87. The van der Waals surface area contributed by atoms with Gasteiger partial charge in [0, 0.05) is 37.4 Å². The number of aromatic nitrogens is 1. The van der Waals surface area contributed by atoms with E-state index in [2.05, 4.69) is 42.7 Å². The number of aryl methyl sites for hydroxylation is 1. The molecule has 5 nitrogen and oxygen atoms in total. The molecule has 2 aromatic carbocycles. The summed E-state index contributed by atoms with van der Waals surface area (Å²) >= 11 is 1.58. The number of nitrogens with zero attached hydrogens (tertiary/aromatic N) is 4. The topological polar surface area (TPSA) is 39.7 Å². The monoisotopic (exact) mass is 410 g/mol. The Bertz CT molecular complexity index is 961. The number of carbonyl (C=O) groups is 1. The molecule has 1 aromatic heterocycles. The summed E-state index contributed by atoms with van der Waals surface area (Å²) in [6.45, 7) is 9.61. The van der Waals surface area contributed by atoms with E-state index in [4.69, 9.17) is 4.98 Å². The molecule has 0 bridgehead atoms. The number of amides is 1. The van der Waals surface area contributed by atoms with Crippen LogP contribution in [0.4, 0.5) is 10.8 Å². The molecular weight excluding hydrogens is 380 g/mol. The average Bonchev–Trinajstić information content (AvgIpc) is 3.14. The maximum absolute atomic E-state index is 13.4. The quantitative estimate of drug-likeness (QED) is 0.541. The summed E-state index contributed by atoms with van der Waals surface area (Å²) in [4.78, 5) is 24.4. The molecule has 0 N–H and O–H groups in total. The van der Waals surface area contributed by atoms with Crippen LogP contribution in [0.5, 0.6) is 0 Å². The van der Waals surface area contributed by atoms with Crippen molar-refractivity contribution in [1.29, 1.82) is 0 Å². The van der Waals surface area contributed by atoms with Gasteiger partial charge in [0.2, 0.25) is 0 Å². The lowest BCUT2D eigenvalue weighted by Gasteiger charge is -2.23. The van der Waals surface area contributed by atoms with Gasteiger partial charge in [-0.25, -0.2) is 4.98 Å². The third kappa shape index (κ3) is 4.77. The summed E-state index contributed by atoms with van der Waals surface area (Å²) in [6, 6.07) is 14.1. The van der Waals surface area contributed by atoms with Crippen LogP contribution in [0, 0.1) is 6.92 Å². The van der Waals surface area contributed by atoms with Crippen LogP contribution < -0.4 is 9.80 Å². The number of carbonyl (C=O) groups excluding carboxylic acids is 1. The van der Waals surface area contributed by atoms with Gasteiger partial charge < -0.3 is 9.80 Å². The second-order valence-corrected chi connectivity index (χ2v) is 8.41. The predicted octanol–water partition coefficient (Wildman–Crippen LogP) is 4.66. The average molecular weight is 411 g/mol. The highest BCUT2D eigenvalue weighted by molar-refractivity contribution is 7.22. The highest BCUT2D eigenvalue weighted by atomic mass is 32.1. The molecule has 0 radical (unpaired) electrons. The van der Waals surface area contributed by atoms with Gasteiger partial charge in [-0.2, -0.15) is 0 Å². The highest BCUT2D eigenvalue weighted by Gasteiger charge is 2.22. The molecule has 0 fully saturated rings. The Morgan fingerprint density at radius 2 is 1.69 bits per heavy atom. The molecule has 0 aliphatic carbocycles. The SMILES string of the molecule is CCN(CC)c1ccc(C(=O)N(CCN(C)C)c2nc3c(C)cccc3s2)cc1. The minimum Gasteiger partial charge on any atom is -0.372 e. The summed E-state index contributed by atoms with van der Waals surface area (Å²) in [5.74, 6) is -0.00495. The minimum absolute atomic E-state index is 0.00495. The summed E-state index contributed by atoms with van der Waals surface area (Å²) < 4.78 is 1.11. The van der Waals surface area contributed by atoms with Crippen molar-refractivity contribution < 1.29 is 4.79 Å². The zero-order valence-corrected chi connectivity index (χ0v) is 18.8. The van der Waals surface area contributed by atoms with Crippen molar-refractivity contribution in [2.45, 2.75) is 20.8 Å². The van der Waals surface area contributed by atoms with Crippen molar-refractivity contribution in [3.63, 3.8) is 0 Å². The van der Waals surface area contributed by atoms with E-state index in [9.17, 15) is 4.79 Å². The van der Waals surface area contributed by atoms with Crippen LogP contribution in [0.2, 0.25) is 0 Å². The number of thiazole rings is 1. The van der Waals surface area contributed by atoms with Crippen molar-refractivity contribution in [2.75, 3.05) is 50.1 Å². The molecule has 0 aliphatic heterocycles. The predicted molar refractivity (Wildman–Crippen MR) is 125 cm³/mol. The Labute approximate surface area is 177 Å². The lowest BCUT2D eigenvalue weighted by molar-refractivity contribution is 0.0985. The fourth-order valence-corrected chi connectivity index (χ4v) is 4.40. The molecule has 0 unspecified atom stereocenters. The van der Waals surface area contributed by atoms with Gasteiger partial charge in [0.05, 0.1) is 10.2 Å². The second-order valence-electron chi connectivity index (χ2n) is 7.40. The number of benzene rings is 2. The zero-order chi connectivity index (χ0) is 21.0. The summed E-state index contributed by atoms with van der Waals surface area (Å²) in [5, 5.41) is 0.758. The van der Waals surface area contributed by atoms with E-state index in [-0.39, 0.29) is 5.91 Å². The minimum atomic E-state index is -0.00495. The number of para-hydroxylation sites is 1. The molecule has 1 amide bonds. The van der Waals surface area contributed by atoms with Crippen molar-refractivity contribution in [1.82, 2.24) is 9.88 Å². The highest BCUT2D eigenvalue weighted by Crippen LogP contribution is 2.31. The van der Waals surface area contributed by atoms with Crippen LogP contribution in [0.1, 0.15) is 29.8 Å². The van der Waals surface area contributed by atoms with Crippen molar-refractivity contribution >= 4 is 38.3 Å². The number of likely N-dealkylation sites (N-methyl/N-ethyl adjacent to an activating group) is 1. The smallest absolute Gasteiger partial charge is 0.260 e. The van der Waals surface area contributed by atoms with Gasteiger partial charge in [0.1, 0.15) is 0 Å². The fraction of sp³-hybridized carbons (Fsp3) is 0.391. The van der Waals surface area contributed by atoms with E-state index < -0.39 is 0 Å². The van der Waals surface area contributed by atoms with Crippen LogP contribution >= 0.6 is 11.3 Å². The van der Waals surface area contributed by atoms with Crippen molar-refractivity contribution in [3.8, 4) is 0 Å². The molecule has 0 saturated heterocycles. The number of hydrogen-bond donors (Lipinski definition) is 0. The van der Waals surface area contributed by atoms with Crippen molar-refractivity contribution in [2.24, 2.45) is 0 Å². The Hall–Kier alpha value is -2.44. The summed E-state index contributed by atoms with van der Waals surface area (Å²) in [6.07, 6.45) is 0. The van der Waals surface area contributed by atoms with Gasteiger partial charge in [0.15, 0.2) is 5.13 Å². The summed E-state index contributed by atoms with van der Waals surface area (Å²) in [5.41, 5.74) is 3.94. The van der Waals surface area contributed by atoms with Gasteiger partial charge in [-0.05, 0) is 70.8 Å². The van der Waals surface area contributed by atoms with Gasteiger partial charge in [-0.3, -0.25) is 9.69 Å². The first-order valence-electron chi connectivity index (χ1n) is 10.1. The summed E-state index contributed by atoms with van der Waals surface area (Å²) in [7, 11) is 4.04. The lowest BCUT2D eigenvalue weighted by atomic mass is 10.1. The van der Waals surface area contributed by atoms with Crippen molar-refractivity contribution in [3.05, 3.63) is 53.6 Å². The van der Waals surface area contributed by atoms with Crippen LogP contribution in [-0.2, 0) is 0 Å². The molecule has 154 valence electrons. The van der Waals surface area contributed by atoms with Crippen LogP contribution in [-0.4, -0.2) is 56.1 Å². The molecule has 6 heteroatoms. The maximum atomic E-state index is 13.4. The Balaban J connectivity index is 1.93. The van der Waals surface area contributed by atoms with E-state index in [1.807, 2.05) is 49.3 Å². The molecule has 0 spiro atoms. The van der Waals surface area contributed by atoms with Gasteiger partial charge in [0.25, 0.3) is 5.91 Å². The number of hydrogen-bond acceptors (Lipinski definition) is 5. The van der Waals surface area contributed by atoms with Gasteiger partial charge >= 0.3 is 0 Å². The third-order valence-electron chi connectivity index (χ3n) is 5.10. The van der Waals surface area contributed by atoms with E-state index in [1.165, 1.54) is 0 Å². The zero-order valence-electron chi connectivity index (χ0n) is 18.0. The van der Waals surface area contributed by atoms with Gasteiger partial charge in [-0.15, -0.1) is 0 Å². The molecule has 3 aromatic rings. The molecule has 1 heterocycles. The molecular formula is C23H30N4OS. The van der Waals surface area contributed by atoms with Crippen LogP contribution in [0.3, 0.4) is 0 Å². The van der Waals surface area contributed by atoms with E-state index in [0.29, 0.717) is 12.1 Å². The number of anilines is 2. The Morgan fingerprint density at radius 3 is 2.28 bits per heavy atom. The molecule has 3 rings (SSSR count). The van der Waals surface area contributed by atoms with Gasteiger partial charge in [-0.1, -0.05) is 23.5 Å². The second kappa shape index (κ2) is 9.37. The van der Waals surface area contributed by atoms with E-state index in [1.54, 1.807) is 11.3 Å². The number of fused-ring (bicyclic) bond motifs is 1. The lowest BCUT2D eigenvalue weighted by Crippen LogP contribution is -2.36. The molecule has 0 saturated carbocycles. The number of rotatable bonds is 8. The molecule has 0 atom stereocenters. The van der Waals surface area contributed by atoms with E-state index in [0.717, 1.165) is 46.2 Å². The maximum Gasteiger partial charge on any atom is 0.260 e. The standard InChI is InChI=1S/C23H30N4OS/c1-6-26(7-2)19-13-11-18(12-14-19)22(28)27(16-15-25(4)5)23-24-21-17(3)9-8-10-20(21)29-23/h8-14H,6-7,15-16H2,1-5H3. The molecule has 0 aliphatic rings. The fourth-order valence-electron chi connectivity index (χ4n) is 3.33. The first kappa shape index (κ1) is 21.3. The first-order valence-corrected chi connectivity index (χ1v) is 10.9. The van der Waals surface area contributed by atoms with E-state index >= 15 is 0 Å². The third-order valence-corrected chi connectivity index (χ3v) is 6.14. The normalized spacial score (nSPS) is 11.2. The van der Waals surface area contributed by atoms with Crippen LogP contribution in [0.25, 0.3) is 10.2 Å². The molecule has 29 heavy (non-hydrogen) atoms. The van der Waals surface area contributed by atoms with Crippen LogP contribution in [0.15, 0.2) is 42.5 Å². The first-order chi connectivity index (χ1) is 13.9. The largest absolute Gasteiger partial charge is 0.372 e.